The van der Waals surface area contributed by atoms with Gasteiger partial charge >= 0.3 is 0 Å². The fraction of sp³-hybridized carbons (Fsp3) is 0.429. The van der Waals surface area contributed by atoms with E-state index in [2.05, 4.69) is 33.1 Å². The van der Waals surface area contributed by atoms with Crippen LogP contribution in [-0.4, -0.2) is 35.8 Å². The van der Waals surface area contributed by atoms with E-state index in [0.29, 0.717) is 37.5 Å². The third kappa shape index (κ3) is 6.67. The summed E-state index contributed by atoms with van der Waals surface area (Å²) < 4.78 is 0. The van der Waals surface area contributed by atoms with Gasteiger partial charge in [0.1, 0.15) is 5.92 Å². The highest BCUT2D eigenvalue weighted by molar-refractivity contribution is 7.13. The molecule has 1 aromatic carbocycles. The first-order chi connectivity index (χ1) is 14.1. The summed E-state index contributed by atoms with van der Waals surface area (Å²) in [6, 6.07) is 10.2. The minimum Gasteiger partial charge on any atom is -0.356 e. The molecule has 154 valence electrons. The molecule has 2 aromatic rings. The number of nitrogens with zero attached hydrogens (tertiary/aromatic N) is 1. The number of hydrogen-bond donors (Lipinski definition) is 3. The molecule has 0 radical (unpaired) electrons. The van der Waals surface area contributed by atoms with Crippen molar-refractivity contribution in [1.82, 2.24) is 15.6 Å². The first-order valence-electron chi connectivity index (χ1n) is 9.95. The summed E-state index contributed by atoms with van der Waals surface area (Å²) in [6.07, 6.45) is 4.06. The molecule has 1 unspecified atom stereocenters. The number of aromatic nitrogens is 1. The summed E-state index contributed by atoms with van der Waals surface area (Å²) in [5, 5.41) is 10.6. The molecule has 0 spiro atoms. The molecule has 2 heterocycles. The molecule has 1 saturated heterocycles. The van der Waals surface area contributed by atoms with Crippen LogP contribution < -0.4 is 16.0 Å². The van der Waals surface area contributed by atoms with Crippen LogP contribution in [0.3, 0.4) is 0 Å². The lowest BCUT2D eigenvalue weighted by Crippen LogP contribution is -2.42. The van der Waals surface area contributed by atoms with Crippen LogP contribution in [-0.2, 0) is 27.2 Å². The van der Waals surface area contributed by atoms with E-state index in [9.17, 15) is 14.4 Å². The van der Waals surface area contributed by atoms with E-state index < -0.39 is 5.92 Å². The Bertz CT molecular complexity index is 837. The molecule has 3 N–H and O–H groups in total. The lowest BCUT2D eigenvalue weighted by molar-refractivity contribution is -0.134. The number of piperidine rings is 1. The molecule has 1 aliphatic rings. The predicted molar refractivity (Wildman–Crippen MR) is 113 cm³/mol. The van der Waals surface area contributed by atoms with Gasteiger partial charge in [-0.3, -0.25) is 14.4 Å². The molecular formula is C21H26N4O3S. The van der Waals surface area contributed by atoms with E-state index >= 15 is 0 Å². The van der Waals surface area contributed by atoms with Crippen molar-refractivity contribution in [2.75, 3.05) is 18.4 Å². The van der Waals surface area contributed by atoms with Crippen molar-refractivity contribution in [3.05, 3.63) is 47.0 Å². The van der Waals surface area contributed by atoms with Crippen LogP contribution in [0.4, 0.5) is 5.13 Å². The highest BCUT2D eigenvalue weighted by atomic mass is 32.1. The van der Waals surface area contributed by atoms with E-state index in [4.69, 9.17) is 0 Å². The first-order valence-corrected chi connectivity index (χ1v) is 10.8. The van der Waals surface area contributed by atoms with Crippen molar-refractivity contribution in [3.8, 4) is 0 Å². The van der Waals surface area contributed by atoms with Gasteiger partial charge in [-0.2, -0.15) is 0 Å². The highest BCUT2D eigenvalue weighted by Crippen LogP contribution is 2.19. The average molecular weight is 415 g/mol. The molecule has 1 atom stereocenters. The van der Waals surface area contributed by atoms with Crippen LogP contribution in [0, 0.1) is 5.92 Å². The topological polar surface area (TPSA) is 100 Å². The summed E-state index contributed by atoms with van der Waals surface area (Å²) in [4.78, 5) is 40.4. The van der Waals surface area contributed by atoms with Crippen molar-refractivity contribution in [2.45, 2.75) is 38.5 Å². The third-order valence-electron chi connectivity index (χ3n) is 4.80. The smallest absolute Gasteiger partial charge is 0.238 e. The number of rotatable bonds is 9. The Morgan fingerprint density at radius 1 is 1.21 bits per heavy atom. The molecule has 1 aliphatic heterocycles. The van der Waals surface area contributed by atoms with Crippen molar-refractivity contribution in [1.29, 1.82) is 0 Å². The van der Waals surface area contributed by atoms with Gasteiger partial charge < -0.3 is 16.0 Å². The summed E-state index contributed by atoms with van der Waals surface area (Å²) in [6.45, 7) is 1.27. The van der Waals surface area contributed by atoms with Gasteiger partial charge in [0.2, 0.25) is 17.7 Å². The average Bonchev–Trinajstić information content (AvgIpc) is 3.18. The van der Waals surface area contributed by atoms with Crippen molar-refractivity contribution in [3.63, 3.8) is 0 Å². The Balaban J connectivity index is 1.34. The van der Waals surface area contributed by atoms with Gasteiger partial charge in [0.15, 0.2) is 5.13 Å². The molecule has 3 amide bonds. The first kappa shape index (κ1) is 21.0. The van der Waals surface area contributed by atoms with Gasteiger partial charge in [0.25, 0.3) is 0 Å². The monoisotopic (exact) mass is 414 g/mol. The number of anilines is 1. The Hall–Kier alpha value is -2.74. The number of nitrogens with one attached hydrogen (secondary N) is 3. The quantitative estimate of drug-likeness (QED) is 0.433. The zero-order chi connectivity index (χ0) is 20.5. The summed E-state index contributed by atoms with van der Waals surface area (Å²) in [5.74, 6) is -1.21. The lowest BCUT2D eigenvalue weighted by atomic mass is 9.98. The van der Waals surface area contributed by atoms with Gasteiger partial charge in [0, 0.05) is 24.9 Å². The van der Waals surface area contributed by atoms with E-state index in [-0.39, 0.29) is 17.7 Å². The molecular weight excluding hydrogens is 388 g/mol. The fourth-order valence-corrected chi connectivity index (χ4v) is 3.94. The largest absolute Gasteiger partial charge is 0.356 e. The Morgan fingerprint density at radius 2 is 2.03 bits per heavy atom. The Kier molecular flexibility index (Phi) is 7.75. The molecule has 0 bridgehead atoms. The second kappa shape index (κ2) is 10.7. The summed E-state index contributed by atoms with van der Waals surface area (Å²) >= 11 is 1.31. The van der Waals surface area contributed by atoms with Crippen LogP contribution in [0.2, 0.25) is 0 Å². The maximum atomic E-state index is 12.2. The maximum Gasteiger partial charge on any atom is 0.238 e. The number of thiazole rings is 1. The van der Waals surface area contributed by atoms with Crippen LogP contribution in [0.15, 0.2) is 35.7 Å². The molecule has 1 aromatic heterocycles. The van der Waals surface area contributed by atoms with Crippen LogP contribution in [0.5, 0.6) is 0 Å². The predicted octanol–water partition coefficient (Wildman–Crippen LogP) is 2.29. The van der Waals surface area contributed by atoms with Crippen molar-refractivity contribution < 1.29 is 14.4 Å². The SMILES string of the molecule is O=C(CCc1csc(NC(=O)C2CCCNC2=O)n1)NCCCc1ccccc1. The van der Waals surface area contributed by atoms with Crippen LogP contribution in [0.1, 0.15) is 36.9 Å². The highest BCUT2D eigenvalue weighted by Gasteiger charge is 2.29. The van der Waals surface area contributed by atoms with E-state index in [1.54, 1.807) is 0 Å². The number of carbonyl (C=O) groups excluding carboxylic acids is 3. The van der Waals surface area contributed by atoms with E-state index in [1.807, 2.05) is 23.6 Å². The van der Waals surface area contributed by atoms with Crippen molar-refractivity contribution >= 4 is 34.2 Å². The number of hydrogen-bond acceptors (Lipinski definition) is 5. The maximum absolute atomic E-state index is 12.2. The molecule has 8 heteroatoms. The van der Waals surface area contributed by atoms with E-state index in [0.717, 1.165) is 25.0 Å². The van der Waals surface area contributed by atoms with Crippen molar-refractivity contribution in [2.24, 2.45) is 5.92 Å². The second-order valence-electron chi connectivity index (χ2n) is 7.06. The Morgan fingerprint density at radius 3 is 2.83 bits per heavy atom. The molecule has 7 nitrogen and oxygen atoms in total. The molecule has 1 fully saturated rings. The normalized spacial score (nSPS) is 16.1. The number of aryl methyl sites for hydroxylation is 2. The molecule has 3 rings (SSSR count). The minimum absolute atomic E-state index is 0.00414. The minimum atomic E-state index is -0.655. The number of carbonyl (C=O) groups is 3. The van der Waals surface area contributed by atoms with Gasteiger partial charge in [-0.15, -0.1) is 11.3 Å². The zero-order valence-electron chi connectivity index (χ0n) is 16.3. The molecule has 0 aliphatic carbocycles. The standard InChI is InChI=1S/C21H26N4O3S/c26-18(22-12-4-8-15-6-2-1-3-7-15)11-10-16-14-29-21(24-16)25-20(28)17-9-5-13-23-19(17)27/h1-3,6-7,14,17H,4-5,8-13H2,(H,22,26)(H,23,27)(H,24,25,28). The van der Waals surface area contributed by atoms with Gasteiger partial charge in [-0.25, -0.2) is 4.98 Å². The van der Waals surface area contributed by atoms with Gasteiger partial charge in [0.05, 0.1) is 5.69 Å². The van der Waals surface area contributed by atoms with Gasteiger partial charge in [-0.05, 0) is 37.7 Å². The van der Waals surface area contributed by atoms with Gasteiger partial charge in [-0.1, -0.05) is 30.3 Å². The zero-order valence-corrected chi connectivity index (χ0v) is 17.1. The number of amides is 3. The summed E-state index contributed by atoms with van der Waals surface area (Å²) in [7, 11) is 0. The number of benzene rings is 1. The summed E-state index contributed by atoms with van der Waals surface area (Å²) in [5.41, 5.74) is 2.03. The fourth-order valence-electron chi connectivity index (χ4n) is 3.19. The van der Waals surface area contributed by atoms with Crippen LogP contribution in [0.25, 0.3) is 0 Å². The lowest BCUT2D eigenvalue weighted by Gasteiger charge is -2.20. The molecule has 0 saturated carbocycles. The Labute approximate surface area is 174 Å². The second-order valence-corrected chi connectivity index (χ2v) is 7.92. The molecule has 29 heavy (non-hydrogen) atoms. The van der Waals surface area contributed by atoms with Crippen LogP contribution >= 0.6 is 11.3 Å². The van der Waals surface area contributed by atoms with E-state index in [1.165, 1.54) is 16.9 Å². The third-order valence-corrected chi connectivity index (χ3v) is 5.61.